The molecule has 0 aromatic carbocycles. The summed E-state index contributed by atoms with van der Waals surface area (Å²) in [7, 11) is 0. The molecule has 21 heavy (non-hydrogen) atoms. The van der Waals surface area contributed by atoms with Crippen LogP contribution in [0.25, 0.3) is 0 Å². The van der Waals surface area contributed by atoms with Gasteiger partial charge in [0.2, 0.25) is 5.91 Å². The number of carbonyl (C=O) groups excluding carboxylic acids is 3. The molecular weight excluding hydrogens is 274 g/mol. The third-order valence-electron chi connectivity index (χ3n) is 3.58. The van der Waals surface area contributed by atoms with Crippen LogP contribution < -0.4 is 11.1 Å². The van der Waals surface area contributed by atoms with Gasteiger partial charge in [-0.3, -0.25) is 9.59 Å². The van der Waals surface area contributed by atoms with E-state index in [1.807, 2.05) is 13.8 Å². The van der Waals surface area contributed by atoms with Crippen LogP contribution in [0, 0.1) is 11.8 Å². The van der Waals surface area contributed by atoms with Crippen LogP contribution in [-0.4, -0.2) is 48.5 Å². The Balaban J connectivity index is 2.71. The van der Waals surface area contributed by atoms with E-state index in [2.05, 4.69) is 5.32 Å². The van der Waals surface area contributed by atoms with Crippen molar-refractivity contribution in [3.05, 3.63) is 0 Å². The van der Waals surface area contributed by atoms with E-state index in [0.717, 1.165) is 12.8 Å². The van der Waals surface area contributed by atoms with E-state index >= 15 is 0 Å². The van der Waals surface area contributed by atoms with Crippen LogP contribution in [0.3, 0.4) is 0 Å². The van der Waals surface area contributed by atoms with Gasteiger partial charge in [0.25, 0.3) is 0 Å². The van der Waals surface area contributed by atoms with E-state index in [1.165, 1.54) is 0 Å². The molecule has 2 atom stereocenters. The number of ether oxygens (including phenoxy) is 1. The van der Waals surface area contributed by atoms with E-state index in [-0.39, 0.29) is 23.7 Å². The van der Waals surface area contributed by atoms with Crippen LogP contribution in [0.4, 0.5) is 4.79 Å². The highest BCUT2D eigenvalue weighted by atomic mass is 16.5. The molecule has 1 fully saturated rings. The zero-order valence-corrected chi connectivity index (χ0v) is 12.9. The molecule has 0 saturated carbocycles. The van der Waals surface area contributed by atoms with Gasteiger partial charge in [0.05, 0.1) is 12.5 Å². The number of piperidine rings is 1. The zero-order valence-electron chi connectivity index (χ0n) is 12.9. The van der Waals surface area contributed by atoms with Crippen LogP contribution in [0.2, 0.25) is 0 Å². The van der Waals surface area contributed by atoms with Gasteiger partial charge in [0.15, 0.2) is 0 Å². The smallest absolute Gasteiger partial charge is 0.312 e. The number of primary amides is 1. The Kier molecular flexibility index (Phi) is 6.45. The number of amides is 3. The summed E-state index contributed by atoms with van der Waals surface area (Å²) in [4.78, 5) is 36.9. The van der Waals surface area contributed by atoms with Gasteiger partial charge in [-0.1, -0.05) is 13.8 Å². The lowest BCUT2D eigenvalue weighted by atomic mass is 9.95. The lowest BCUT2D eigenvalue weighted by Gasteiger charge is -2.35. The van der Waals surface area contributed by atoms with E-state index < -0.39 is 12.1 Å². The van der Waals surface area contributed by atoms with E-state index in [9.17, 15) is 14.4 Å². The average Bonchev–Trinajstić information content (AvgIpc) is 2.44. The van der Waals surface area contributed by atoms with Crippen molar-refractivity contribution in [2.24, 2.45) is 17.6 Å². The second kappa shape index (κ2) is 7.85. The molecule has 3 amide bonds. The van der Waals surface area contributed by atoms with Gasteiger partial charge in [-0.25, -0.2) is 4.79 Å². The van der Waals surface area contributed by atoms with Crippen LogP contribution in [0.15, 0.2) is 0 Å². The molecule has 7 nitrogen and oxygen atoms in total. The molecule has 1 unspecified atom stereocenters. The Bertz CT molecular complexity index is 398. The van der Waals surface area contributed by atoms with Crippen molar-refractivity contribution in [1.82, 2.24) is 10.2 Å². The van der Waals surface area contributed by atoms with Crippen LogP contribution >= 0.6 is 0 Å². The Morgan fingerprint density at radius 1 is 1.38 bits per heavy atom. The Hall–Kier alpha value is -1.79. The second-order valence-electron chi connectivity index (χ2n) is 5.61. The summed E-state index contributed by atoms with van der Waals surface area (Å²) in [6.45, 7) is 6.69. The highest BCUT2D eigenvalue weighted by Gasteiger charge is 2.34. The molecule has 0 aromatic rings. The first-order valence-electron chi connectivity index (χ1n) is 7.38. The maximum atomic E-state index is 12.5. The molecule has 0 radical (unpaired) electrons. The minimum atomic E-state index is -0.721. The minimum absolute atomic E-state index is 0.0760. The van der Waals surface area contributed by atoms with Crippen molar-refractivity contribution in [3.8, 4) is 0 Å². The Labute approximate surface area is 125 Å². The highest BCUT2D eigenvalue weighted by Crippen LogP contribution is 2.19. The lowest BCUT2D eigenvalue weighted by Crippen LogP contribution is -2.55. The number of hydrogen-bond donors (Lipinski definition) is 2. The number of urea groups is 1. The summed E-state index contributed by atoms with van der Waals surface area (Å²) in [5, 5.41) is 2.48. The fraction of sp³-hybridized carbons (Fsp3) is 0.786. The maximum Gasteiger partial charge on any atom is 0.312 e. The molecule has 0 spiro atoms. The van der Waals surface area contributed by atoms with Gasteiger partial charge in [-0.05, 0) is 25.7 Å². The molecule has 1 saturated heterocycles. The minimum Gasteiger partial charge on any atom is -0.466 e. The first kappa shape index (κ1) is 17.3. The summed E-state index contributed by atoms with van der Waals surface area (Å²) in [5.74, 6) is -0.825. The summed E-state index contributed by atoms with van der Waals surface area (Å²) in [5.41, 5.74) is 5.12. The molecule has 1 rings (SSSR count). The highest BCUT2D eigenvalue weighted by molar-refractivity contribution is 5.87. The number of nitrogens with zero attached hydrogens (tertiary/aromatic N) is 1. The van der Waals surface area contributed by atoms with Crippen LogP contribution in [0.5, 0.6) is 0 Å². The summed E-state index contributed by atoms with van der Waals surface area (Å²) < 4.78 is 5.02. The second-order valence-corrected chi connectivity index (χ2v) is 5.61. The Morgan fingerprint density at radius 3 is 2.57 bits per heavy atom. The van der Waals surface area contributed by atoms with Gasteiger partial charge in [0, 0.05) is 13.1 Å². The normalized spacial score (nSPS) is 20.0. The quantitative estimate of drug-likeness (QED) is 0.721. The lowest BCUT2D eigenvalue weighted by molar-refractivity contribution is -0.151. The van der Waals surface area contributed by atoms with Crippen LogP contribution in [-0.2, 0) is 14.3 Å². The third-order valence-corrected chi connectivity index (χ3v) is 3.58. The van der Waals surface area contributed by atoms with E-state index in [1.54, 1.807) is 11.8 Å². The van der Waals surface area contributed by atoms with Gasteiger partial charge in [-0.2, -0.15) is 0 Å². The van der Waals surface area contributed by atoms with Crippen LogP contribution in [0.1, 0.15) is 33.6 Å². The number of nitrogens with one attached hydrogen (secondary N) is 1. The van der Waals surface area contributed by atoms with Gasteiger partial charge < -0.3 is 20.7 Å². The molecule has 1 heterocycles. The first-order chi connectivity index (χ1) is 9.86. The summed E-state index contributed by atoms with van der Waals surface area (Å²) >= 11 is 0. The molecule has 7 heteroatoms. The molecule has 0 aliphatic carbocycles. The standard InChI is InChI=1S/C14H25N3O4/c1-4-21-13(19)10-6-5-7-17(8-10)12(18)11(9(2)3)16-14(15)20/h9-11H,4-8H2,1-3H3,(H3,15,16,20)/t10-,11?/m1/s1. The molecule has 120 valence electrons. The molecule has 1 aliphatic rings. The SMILES string of the molecule is CCOC(=O)[C@@H]1CCCN(C(=O)C(NC(N)=O)C(C)C)C1. The van der Waals surface area contributed by atoms with Gasteiger partial charge in [0.1, 0.15) is 6.04 Å². The zero-order chi connectivity index (χ0) is 16.0. The third kappa shape index (κ3) is 4.91. The molecular formula is C14H25N3O4. The topological polar surface area (TPSA) is 102 Å². The van der Waals surface area contributed by atoms with Gasteiger partial charge in [-0.15, -0.1) is 0 Å². The van der Waals surface area contributed by atoms with Gasteiger partial charge >= 0.3 is 12.0 Å². The maximum absolute atomic E-state index is 12.5. The van der Waals surface area contributed by atoms with Crippen molar-refractivity contribution in [1.29, 1.82) is 0 Å². The molecule has 1 aliphatic heterocycles. The number of hydrogen-bond acceptors (Lipinski definition) is 4. The average molecular weight is 299 g/mol. The monoisotopic (exact) mass is 299 g/mol. The fourth-order valence-electron chi connectivity index (χ4n) is 2.49. The van der Waals surface area contributed by atoms with E-state index in [4.69, 9.17) is 10.5 Å². The van der Waals surface area contributed by atoms with E-state index in [0.29, 0.717) is 19.7 Å². The number of carbonyl (C=O) groups is 3. The van der Waals surface area contributed by atoms with Crippen molar-refractivity contribution in [2.75, 3.05) is 19.7 Å². The predicted octanol–water partition coefficient (Wildman–Crippen LogP) is 0.481. The van der Waals surface area contributed by atoms with Crippen molar-refractivity contribution in [3.63, 3.8) is 0 Å². The van der Waals surface area contributed by atoms with Crippen molar-refractivity contribution >= 4 is 17.9 Å². The summed E-state index contributed by atoms with van der Waals surface area (Å²) in [6, 6.07) is -1.38. The largest absolute Gasteiger partial charge is 0.466 e. The first-order valence-corrected chi connectivity index (χ1v) is 7.38. The number of esters is 1. The predicted molar refractivity (Wildman–Crippen MR) is 77.3 cm³/mol. The number of rotatable bonds is 5. The molecule has 0 bridgehead atoms. The number of nitrogens with two attached hydrogens (primary N) is 1. The molecule has 3 N–H and O–H groups in total. The Morgan fingerprint density at radius 2 is 2.05 bits per heavy atom. The summed E-state index contributed by atoms with van der Waals surface area (Å²) in [6.07, 6.45) is 1.47. The van der Waals surface area contributed by atoms with Crippen molar-refractivity contribution < 1.29 is 19.1 Å². The molecule has 0 aromatic heterocycles. The fourth-order valence-corrected chi connectivity index (χ4v) is 2.49. The van der Waals surface area contributed by atoms with Crippen molar-refractivity contribution in [2.45, 2.75) is 39.7 Å². The number of likely N-dealkylation sites (tertiary alicyclic amines) is 1.